The van der Waals surface area contributed by atoms with E-state index in [1.165, 1.54) is 6.26 Å². The summed E-state index contributed by atoms with van der Waals surface area (Å²) in [6.07, 6.45) is 1.47. The van der Waals surface area contributed by atoms with E-state index in [1.807, 2.05) is 31.2 Å². The molecule has 2 amide bonds. The Morgan fingerprint density at radius 3 is 2.57 bits per heavy atom. The minimum atomic E-state index is -0.277. The smallest absolute Gasteiger partial charge is 0.294 e. The fourth-order valence-corrected chi connectivity index (χ4v) is 2.60. The maximum Gasteiger partial charge on any atom is 0.294 e. The summed E-state index contributed by atoms with van der Waals surface area (Å²) >= 11 is 0. The van der Waals surface area contributed by atoms with Crippen LogP contribution in [0.3, 0.4) is 0 Å². The van der Waals surface area contributed by atoms with Crippen molar-refractivity contribution in [1.29, 1.82) is 0 Å². The van der Waals surface area contributed by atoms with Gasteiger partial charge in [0.25, 0.3) is 5.91 Å². The van der Waals surface area contributed by atoms with Gasteiger partial charge in [-0.15, -0.1) is 0 Å². The lowest BCUT2D eigenvalue weighted by atomic mass is 10.1. The third kappa shape index (κ3) is 2.20. The standard InChI is InChI=1S/C16H16N2O3/c1-11-10-18(16(20)14-8-5-9-21-14)13-7-4-3-6-12(13)17(2)15(11)19/h3-9,11H,10H2,1-2H3. The third-order valence-corrected chi connectivity index (χ3v) is 3.72. The van der Waals surface area contributed by atoms with E-state index in [9.17, 15) is 9.59 Å². The van der Waals surface area contributed by atoms with Crippen molar-refractivity contribution < 1.29 is 14.0 Å². The van der Waals surface area contributed by atoms with E-state index < -0.39 is 0 Å². The highest BCUT2D eigenvalue weighted by molar-refractivity contribution is 6.10. The number of benzene rings is 1. The molecule has 0 spiro atoms. The van der Waals surface area contributed by atoms with E-state index in [2.05, 4.69) is 0 Å². The summed E-state index contributed by atoms with van der Waals surface area (Å²) < 4.78 is 5.20. The molecule has 0 fully saturated rings. The molecular formula is C16H16N2O3. The van der Waals surface area contributed by atoms with Crippen LogP contribution in [0.2, 0.25) is 0 Å². The lowest BCUT2D eigenvalue weighted by molar-refractivity contribution is -0.121. The number of hydrogen-bond donors (Lipinski definition) is 0. The second kappa shape index (κ2) is 5.09. The molecule has 108 valence electrons. The van der Waals surface area contributed by atoms with Crippen molar-refractivity contribution in [1.82, 2.24) is 0 Å². The Labute approximate surface area is 122 Å². The summed E-state index contributed by atoms with van der Waals surface area (Å²) in [5, 5.41) is 0. The Kier molecular flexibility index (Phi) is 3.25. The molecule has 1 aliphatic heterocycles. The van der Waals surface area contributed by atoms with Crippen molar-refractivity contribution in [3.63, 3.8) is 0 Å². The van der Waals surface area contributed by atoms with Gasteiger partial charge in [0.15, 0.2) is 5.76 Å². The van der Waals surface area contributed by atoms with Gasteiger partial charge in [-0.3, -0.25) is 9.59 Å². The summed E-state index contributed by atoms with van der Waals surface area (Å²) in [7, 11) is 1.73. The molecule has 0 saturated heterocycles. The number of carbonyl (C=O) groups is 2. The SMILES string of the molecule is CC1CN(C(=O)c2ccco2)c2ccccc2N(C)C1=O. The molecule has 0 radical (unpaired) electrons. The molecule has 21 heavy (non-hydrogen) atoms. The van der Waals surface area contributed by atoms with Gasteiger partial charge in [0.2, 0.25) is 5.91 Å². The highest BCUT2D eigenvalue weighted by Gasteiger charge is 2.32. The molecular weight excluding hydrogens is 268 g/mol. The molecule has 2 heterocycles. The molecule has 5 nitrogen and oxygen atoms in total. The number of nitrogens with zero attached hydrogens (tertiary/aromatic N) is 2. The van der Waals surface area contributed by atoms with Crippen molar-refractivity contribution >= 4 is 23.2 Å². The quantitative estimate of drug-likeness (QED) is 0.808. The third-order valence-electron chi connectivity index (χ3n) is 3.72. The average Bonchev–Trinajstić information content (AvgIpc) is 3.02. The Balaban J connectivity index is 2.09. The molecule has 0 saturated carbocycles. The van der Waals surface area contributed by atoms with E-state index >= 15 is 0 Å². The minimum absolute atomic E-state index is 0.00260. The monoisotopic (exact) mass is 284 g/mol. The highest BCUT2D eigenvalue weighted by atomic mass is 16.3. The zero-order chi connectivity index (χ0) is 15.0. The number of amides is 2. The van der Waals surface area contributed by atoms with E-state index in [0.29, 0.717) is 6.54 Å². The van der Waals surface area contributed by atoms with Crippen LogP contribution in [0, 0.1) is 5.92 Å². The van der Waals surface area contributed by atoms with Gasteiger partial charge in [-0.05, 0) is 24.3 Å². The second-order valence-corrected chi connectivity index (χ2v) is 5.18. The number of furan rings is 1. The van der Waals surface area contributed by atoms with Crippen LogP contribution in [0.5, 0.6) is 0 Å². The number of anilines is 2. The summed E-state index contributed by atoms with van der Waals surface area (Å²) in [6.45, 7) is 2.16. The Hall–Kier alpha value is -2.56. The van der Waals surface area contributed by atoms with Crippen LogP contribution >= 0.6 is 0 Å². The number of hydrogen-bond acceptors (Lipinski definition) is 3. The Morgan fingerprint density at radius 1 is 1.19 bits per heavy atom. The summed E-state index contributed by atoms with van der Waals surface area (Å²) in [6, 6.07) is 10.7. The van der Waals surface area contributed by atoms with Gasteiger partial charge in [-0.25, -0.2) is 0 Å². The summed E-state index contributed by atoms with van der Waals surface area (Å²) in [5.74, 6) is -0.241. The van der Waals surface area contributed by atoms with E-state index in [4.69, 9.17) is 4.42 Å². The fourth-order valence-electron chi connectivity index (χ4n) is 2.60. The molecule has 0 aliphatic carbocycles. The number of fused-ring (bicyclic) bond motifs is 1. The van der Waals surface area contributed by atoms with Gasteiger partial charge in [-0.2, -0.15) is 0 Å². The van der Waals surface area contributed by atoms with Crippen LogP contribution in [0.1, 0.15) is 17.5 Å². The van der Waals surface area contributed by atoms with E-state index in [-0.39, 0.29) is 23.5 Å². The largest absolute Gasteiger partial charge is 0.459 e. The molecule has 0 bridgehead atoms. The molecule has 1 aliphatic rings. The van der Waals surface area contributed by atoms with Gasteiger partial charge in [-0.1, -0.05) is 19.1 Å². The number of rotatable bonds is 1. The zero-order valence-corrected chi connectivity index (χ0v) is 11.9. The highest BCUT2D eigenvalue weighted by Crippen LogP contribution is 2.34. The molecule has 1 unspecified atom stereocenters. The van der Waals surface area contributed by atoms with Crippen LogP contribution in [-0.2, 0) is 4.79 Å². The fraction of sp³-hybridized carbons (Fsp3) is 0.250. The van der Waals surface area contributed by atoms with Gasteiger partial charge in [0.05, 0.1) is 23.6 Å². The van der Waals surface area contributed by atoms with Crippen LogP contribution < -0.4 is 9.80 Å². The topological polar surface area (TPSA) is 53.8 Å². The molecule has 1 aromatic carbocycles. The van der Waals surface area contributed by atoms with E-state index in [1.54, 1.807) is 29.0 Å². The predicted octanol–water partition coefficient (Wildman–Crippen LogP) is 2.54. The number of para-hydroxylation sites is 2. The van der Waals surface area contributed by atoms with Gasteiger partial charge in [0.1, 0.15) is 0 Å². The van der Waals surface area contributed by atoms with Crippen molar-refractivity contribution in [2.75, 3.05) is 23.4 Å². The minimum Gasteiger partial charge on any atom is -0.459 e. The van der Waals surface area contributed by atoms with Crippen molar-refractivity contribution in [2.45, 2.75) is 6.92 Å². The average molecular weight is 284 g/mol. The van der Waals surface area contributed by atoms with Crippen LogP contribution in [0.4, 0.5) is 11.4 Å². The Morgan fingerprint density at radius 2 is 1.90 bits per heavy atom. The first kappa shape index (κ1) is 13.4. The normalized spacial score (nSPS) is 18.4. The predicted molar refractivity (Wildman–Crippen MR) is 79.4 cm³/mol. The van der Waals surface area contributed by atoms with Gasteiger partial charge in [0, 0.05) is 13.6 Å². The zero-order valence-electron chi connectivity index (χ0n) is 11.9. The second-order valence-electron chi connectivity index (χ2n) is 5.18. The lowest BCUT2D eigenvalue weighted by Crippen LogP contribution is -2.37. The van der Waals surface area contributed by atoms with Crippen LogP contribution in [-0.4, -0.2) is 25.4 Å². The molecule has 5 heteroatoms. The van der Waals surface area contributed by atoms with Crippen molar-refractivity contribution in [2.24, 2.45) is 5.92 Å². The molecule has 1 aromatic heterocycles. The molecule has 1 atom stereocenters. The van der Waals surface area contributed by atoms with E-state index in [0.717, 1.165) is 11.4 Å². The molecule has 0 N–H and O–H groups in total. The maximum absolute atomic E-state index is 12.6. The molecule has 2 aromatic rings. The first-order chi connectivity index (χ1) is 10.1. The van der Waals surface area contributed by atoms with Crippen LogP contribution in [0.15, 0.2) is 47.1 Å². The molecule has 3 rings (SSSR count). The number of carbonyl (C=O) groups excluding carboxylic acids is 2. The van der Waals surface area contributed by atoms with Crippen molar-refractivity contribution in [3.05, 3.63) is 48.4 Å². The first-order valence-corrected chi connectivity index (χ1v) is 6.81. The Bertz CT molecular complexity index is 679. The van der Waals surface area contributed by atoms with Gasteiger partial charge >= 0.3 is 0 Å². The summed E-state index contributed by atoms with van der Waals surface area (Å²) in [5.41, 5.74) is 1.45. The maximum atomic E-state index is 12.6. The van der Waals surface area contributed by atoms with Crippen LogP contribution in [0.25, 0.3) is 0 Å². The first-order valence-electron chi connectivity index (χ1n) is 6.81. The summed E-state index contributed by atoms with van der Waals surface area (Å²) in [4.78, 5) is 28.2. The van der Waals surface area contributed by atoms with Crippen molar-refractivity contribution in [3.8, 4) is 0 Å². The lowest BCUT2D eigenvalue weighted by Gasteiger charge is -2.23. The van der Waals surface area contributed by atoms with Gasteiger partial charge < -0.3 is 14.2 Å².